The van der Waals surface area contributed by atoms with Crippen molar-refractivity contribution in [2.75, 3.05) is 6.61 Å². The molecule has 0 spiro atoms. The number of hydrogen-bond acceptors (Lipinski definition) is 3. The average molecular weight is 279 g/mol. The number of ether oxygens (including phenoxy) is 1. The average Bonchev–Trinajstić information content (AvgIpc) is 2.30. The van der Waals surface area contributed by atoms with Gasteiger partial charge in [-0.3, -0.25) is 4.79 Å². The molecule has 0 saturated carbocycles. The lowest BCUT2D eigenvalue weighted by Gasteiger charge is -2.18. The van der Waals surface area contributed by atoms with Crippen molar-refractivity contribution in [3.05, 3.63) is 28.8 Å². The van der Waals surface area contributed by atoms with E-state index in [1.807, 2.05) is 27.7 Å². The summed E-state index contributed by atoms with van der Waals surface area (Å²) in [4.78, 5) is 11.1. The van der Waals surface area contributed by atoms with E-state index in [9.17, 15) is 4.79 Å². The molecule has 0 saturated heterocycles. The number of rotatable bonds is 7. The fourth-order valence-electron chi connectivity index (χ4n) is 2.35. The monoisotopic (exact) mass is 279 g/mol. The van der Waals surface area contributed by atoms with Crippen LogP contribution in [0.4, 0.5) is 0 Å². The summed E-state index contributed by atoms with van der Waals surface area (Å²) in [6.45, 7) is 10.3. The molecule has 4 nitrogen and oxygen atoms in total. The summed E-state index contributed by atoms with van der Waals surface area (Å²) in [5.74, 6) is 0.0314. The summed E-state index contributed by atoms with van der Waals surface area (Å²) in [7, 11) is 0. The lowest BCUT2D eigenvalue weighted by atomic mass is 10.1. The molecule has 4 heteroatoms. The molecule has 0 aliphatic carbocycles. The van der Waals surface area contributed by atoms with Crippen LogP contribution in [0.25, 0.3) is 0 Å². The van der Waals surface area contributed by atoms with E-state index in [0.717, 1.165) is 16.9 Å². The van der Waals surface area contributed by atoms with Crippen molar-refractivity contribution in [3.63, 3.8) is 0 Å². The van der Waals surface area contributed by atoms with Gasteiger partial charge >= 0.3 is 5.97 Å². The Kier molecular flexibility index (Phi) is 6.02. The van der Waals surface area contributed by atoms with E-state index in [1.54, 1.807) is 0 Å². The first-order chi connectivity index (χ1) is 9.31. The maximum Gasteiger partial charge on any atom is 0.320 e. The Balaban J connectivity index is 2.61. The van der Waals surface area contributed by atoms with E-state index < -0.39 is 12.0 Å². The van der Waals surface area contributed by atoms with Crippen LogP contribution in [0.3, 0.4) is 0 Å². The third-order valence-corrected chi connectivity index (χ3v) is 3.09. The van der Waals surface area contributed by atoms with E-state index in [4.69, 9.17) is 9.84 Å². The van der Waals surface area contributed by atoms with Gasteiger partial charge in [-0.25, -0.2) is 0 Å². The van der Waals surface area contributed by atoms with Crippen molar-refractivity contribution in [3.8, 4) is 5.75 Å². The minimum absolute atomic E-state index is 0.138. The highest BCUT2D eigenvalue weighted by molar-refractivity contribution is 5.73. The van der Waals surface area contributed by atoms with Crippen LogP contribution in [0.2, 0.25) is 0 Å². The molecule has 0 aliphatic rings. The molecule has 1 unspecified atom stereocenters. The molecule has 20 heavy (non-hydrogen) atoms. The van der Waals surface area contributed by atoms with Gasteiger partial charge in [-0.2, -0.15) is 0 Å². The van der Waals surface area contributed by atoms with Crippen molar-refractivity contribution >= 4 is 5.97 Å². The van der Waals surface area contributed by atoms with Crippen LogP contribution in [0.5, 0.6) is 5.75 Å². The number of nitrogens with one attached hydrogen (secondary N) is 1. The van der Waals surface area contributed by atoms with Crippen molar-refractivity contribution in [1.29, 1.82) is 0 Å². The Bertz CT molecular complexity index is 446. The fourth-order valence-corrected chi connectivity index (χ4v) is 2.35. The Labute approximate surface area is 121 Å². The summed E-state index contributed by atoms with van der Waals surface area (Å²) in [5.41, 5.74) is 3.38. The number of carbonyl (C=O) groups is 1. The maximum atomic E-state index is 11.1. The zero-order chi connectivity index (χ0) is 15.3. The first-order valence-corrected chi connectivity index (χ1v) is 7.00. The molecule has 1 aromatic rings. The van der Waals surface area contributed by atoms with Gasteiger partial charge in [-0.1, -0.05) is 31.5 Å². The molecular formula is C16H25NO3. The molecular weight excluding hydrogens is 254 g/mol. The Morgan fingerprint density at radius 2 is 1.80 bits per heavy atom. The molecule has 0 heterocycles. The largest absolute Gasteiger partial charge is 0.493 e. The minimum atomic E-state index is -0.834. The highest BCUT2D eigenvalue weighted by atomic mass is 16.5. The van der Waals surface area contributed by atoms with Crippen molar-refractivity contribution in [1.82, 2.24) is 5.32 Å². The van der Waals surface area contributed by atoms with Crippen LogP contribution in [-0.2, 0) is 4.79 Å². The third-order valence-electron chi connectivity index (χ3n) is 3.09. The van der Waals surface area contributed by atoms with Gasteiger partial charge in [0, 0.05) is 12.5 Å². The standard InChI is InChI=1S/C16H25NO3/c1-10(2)17-14(16(18)19)6-7-20-15-12(4)8-11(3)9-13(15)5/h8-10,14,17H,6-7H2,1-5H3,(H,18,19). The van der Waals surface area contributed by atoms with Gasteiger partial charge in [0.05, 0.1) is 6.61 Å². The molecule has 0 bridgehead atoms. The number of aryl methyl sites for hydroxylation is 3. The number of aliphatic carboxylic acids is 1. The first-order valence-electron chi connectivity index (χ1n) is 7.00. The maximum absolute atomic E-state index is 11.1. The van der Waals surface area contributed by atoms with Crippen LogP contribution < -0.4 is 10.1 Å². The molecule has 1 rings (SSSR count). The summed E-state index contributed by atoms with van der Waals surface area (Å²) < 4.78 is 5.78. The van der Waals surface area contributed by atoms with Crippen molar-refractivity contribution < 1.29 is 14.6 Å². The summed E-state index contributed by atoms with van der Waals surface area (Å²) in [6.07, 6.45) is 0.445. The number of hydrogen-bond donors (Lipinski definition) is 2. The Hall–Kier alpha value is -1.55. The van der Waals surface area contributed by atoms with Crippen molar-refractivity contribution in [2.45, 2.75) is 53.1 Å². The molecule has 2 N–H and O–H groups in total. The van der Waals surface area contributed by atoms with E-state index in [-0.39, 0.29) is 6.04 Å². The van der Waals surface area contributed by atoms with Crippen LogP contribution >= 0.6 is 0 Å². The van der Waals surface area contributed by atoms with Gasteiger partial charge < -0.3 is 15.2 Å². The van der Waals surface area contributed by atoms with E-state index in [2.05, 4.69) is 24.4 Å². The van der Waals surface area contributed by atoms with E-state index >= 15 is 0 Å². The van der Waals surface area contributed by atoms with Gasteiger partial charge in [-0.15, -0.1) is 0 Å². The molecule has 1 aromatic carbocycles. The molecule has 0 aliphatic heterocycles. The van der Waals surface area contributed by atoms with Crippen LogP contribution in [0.15, 0.2) is 12.1 Å². The Morgan fingerprint density at radius 1 is 1.25 bits per heavy atom. The highest BCUT2D eigenvalue weighted by Crippen LogP contribution is 2.24. The predicted molar refractivity (Wildman–Crippen MR) is 80.5 cm³/mol. The molecule has 0 radical (unpaired) electrons. The second kappa shape index (κ2) is 7.29. The SMILES string of the molecule is Cc1cc(C)c(OCCC(NC(C)C)C(=O)O)c(C)c1. The van der Waals surface area contributed by atoms with Gasteiger partial charge in [0.25, 0.3) is 0 Å². The topological polar surface area (TPSA) is 58.6 Å². The third kappa shape index (κ3) is 4.85. The van der Waals surface area contributed by atoms with E-state index in [1.165, 1.54) is 5.56 Å². The molecule has 0 fully saturated rings. The van der Waals surface area contributed by atoms with Gasteiger partial charge in [0.15, 0.2) is 0 Å². The molecule has 1 atom stereocenters. The second-order valence-corrected chi connectivity index (χ2v) is 5.58. The normalized spacial score (nSPS) is 12.5. The summed E-state index contributed by atoms with van der Waals surface area (Å²) in [6, 6.07) is 3.72. The van der Waals surface area contributed by atoms with Crippen molar-refractivity contribution in [2.24, 2.45) is 0 Å². The Morgan fingerprint density at radius 3 is 2.25 bits per heavy atom. The number of carboxylic acid groups (broad SMARTS) is 1. The molecule has 0 aromatic heterocycles. The van der Waals surface area contributed by atoms with Crippen LogP contribution in [0, 0.1) is 20.8 Å². The minimum Gasteiger partial charge on any atom is -0.493 e. The molecule has 0 amide bonds. The fraction of sp³-hybridized carbons (Fsp3) is 0.562. The lowest BCUT2D eigenvalue weighted by molar-refractivity contribution is -0.140. The smallest absolute Gasteiger partial charge is 0.320 e. The summed E-state index contributed by atoms with van der Waals surface area (Å²) in [5, 5.41) is 12.2. The highest BCUT2D eigenvalue weighted by Gasteiger charge is 2.18. The number of benzene rings is 1. The zero-order valence-electron chi connectivity index (χ0n) is 13.0. The summed E-state index contributed by atoms with van der Waals surface area (Å²) >= 11 is 0. The van der Waals surface area contributed by atoms with Gasteiger partial charge in [-0.05, 0) is 31.9 Å². The van der Waals surface area contributed by atoms with Crippen LogP contribution in [0.1, 0.15) is 37.0 Å². The second-order valence-electron chi connectivity index (χ2n) is 5.58. The van der Waals surface area contributed by atoms with Crippen LogP contribution in [-0.4, -0.2) is 29.8 Å². The quantitative estimate of drug-likeness (QED) is 0.806. The molecule has 112 valence electrons. The van der Waals surface area contributed by atoms with Gasteiger partial charge in [0.2, 0.25) is 0 Å². The first kappa shape index (κ1) is 16.5. The van der Waals surface area contributed by atoms with E-state index in [0.29, 0.717) is 13.0 Å². The number of carboxylic acids is 1. The zero-order valence-corrected chi connectivity index (χ0v) is 13.0. The predicted octanol–water partition coefficient (Wildman–Crippen LogP) is 2.83. The van der Waals surface area contributed by atoms with Gasteiger partial charge in [0.1, 0.15) is 11.8 Å². The lowest BCUT2D eigenvalue weighted by Crippen LogP contribution is -2.41.